The van der Waals surface area contributed by atoms with E-state index in [0.29, 0.717) is 5.69 Å². The maximum atomic E-state index is 10.7. The quantitative estimate of drug-likeness (QED) is 0.769. The first-order valence-corrected chi connectivity index (χ1v) is 7.44. The molecule has 0 saturated carbocycles. The molecule has 14 heavy (non-hydrogen) atoms. The maximum absolute atomic E-state index is 10.7. The van der Waals surface area contributed by atoms with E-state index in [2.05, 4.69) is 5.32 Å². The third-order valence-electron chi connectivity index (χ3n) is 1.63. The molecule has 0 bridgehead atoms. The van der Waals surface area contributed by atoms with Crippen LogP contribution in [0.1, 0.15) is 12.5 Å². The summed E-state index contributed by atoms with van der Waals surface area (Å²) in [4.78, 5) is 10.7. The van der Waals surface area contributed by atoms with Gasteiger partial charge in [0.1, 0.15) is 0 Å². The minimum atomic E-state index is -3.02. The summed E-state index contributed by atoms with van der Waals surface area (Å²) in [5.74, 6) is -0.127. The van der Waals surface area contributed by atoms with Crippen LogP contribution in [0.15, 0.2) is 24.3 Å². The summed E-state index contributed by atoms with van der Waals surface area (Å²) in [5.41, 5.74) is 1.53. The van der Waals surface area contributed by atoms with Crippen molar-refractivity contribution < 1.29 is 12.6 Å². The van der Waals surface area contributed by atoms with E-state index in [1.165, 1.54) is 6.92 Å². The monoisotopic (exact) mass is 257 g/mol. The van der Waals surface area contributed by atoms with Crippen molar-refractivity contribution in [1.29, 1.82) is 0 Å². The molecule has 1 amide bonds. The molecule has 0 spiro atoms. The van der Waals surface area contributed by atoms with Crippen molar-refractivity contribution in [1.82, 2.24) is 0 Å². The topological polar surface area (TPSA) is 66.4 Å². The second-order valence-electron chi connectivity index (χ2n) is 2.95. The first kappa shape index (κ1) is 11.1. The number of hydrogen-bond acceptors (Lipinski definition) is 2. The van der Waals surface area contributed by atoms with Crippen LogP contribution < -0.4 is 5.32 Å². The summed E-state index contributed by atoms with van der Waals surface area (Å²) in [6, 6.07) is 6.93. The molecule has 1 atom stereocenters. The molecule has 0 aromatic heterocycles. The summed E-state index contributed by atoms with van der Waals surface area (Å²) in [7, 11) is 0. The number of carbonyl (C=O) groups is 1. The third kappa shape index (κ3) is 3.81. The fraction of sp³-hybridized carbons (Fsp3) is 0.222. The van der Waals surface area contributed by atoms with Gasteiger partial charge in [0.2, 0.25) is 0 Å². The van der Waals surface area contributed by atoms with Crippen molar-refractivity contribution in [2.45, 2.75) is 12.1 Å². The van der Waals surface area contributed by atoms with Crippen molar-refractivity contribution in [3.05, 3.63) is 29.8 Å². The van der Waals surface area contributed by atoms with Crippen LogP contribution in [-0.4, -0.2) is 24.9 Å². The Hall–Kier alpha value is -0.992. The standard InChI is InChI=1S/C9H12AsNO3/c1-7(12)11-9-4-2-8(3-5-9)6-10(13)14/h2-5,10H,6H2,1H3,(H,11,12)(H,13,14). The van der Waals surface area contributed by atoms with Crippen LogP contribution in [-0.2, 0) is 13.7 Å². The van der Waals surface area contributed by atoms with Gasteiger partial charge in [0.15, 0.2) is 0 Å². The Kier molecular flexibility index (Phi) is 3.98. The van der Waals surface area contributed by atoms with Crippen molar-refractivity contribution in [2.24, 2.45) is 0 Å². The fourth-order valence-corrected chi connectivity index (χ4v) is 2.31. The first-order valence-electron chi connectivity index (χ1n) is 4.16. The Bertz CT molecular complexity index is 313. The van der Waals surface area contributed by atoms with E-state index >= 15 is 0 Å². The third-order valence-corrected chi connectivity index (χ3v) is 3.12. The van der Waals surface area contributed by atoms with Gasteiger partial charge in [0.25, 0.3) is 0 Å². The van der Waals surface area contributed by atoms with Crippen LogP contribution in [0.5, 0.6) is 0 Å². The molecule has 4 nitrogen and oxygen atoms in total. The van der Waals surface area contributed by atoms with Crippen LogP contribution in [0.25, 0.3) is 0 Å². The number of carbonyl (C=O) groups excluding carboxylic acids is 1. The summed E-state index contributed by atoms with van der Waals surface area (Å²) >= 11 is -3.02. The molecular formula is C9H12AsNO3. The Balaban J connectivity index is 2.68. The van der Waals surface area contributed by atoms with Crippen molar-refractivity contribution in [3.63, 3.8) is 0 Å². The molecule has 1 aromatic rings. The van der Waals surface area contributed by atoms with Crippen molar-refractivity contribution >= 4 is 26.5 Å². The molecule has 0 heterocycles. The minimum absolute atomic E-state index is 0.127. The number of hydrogen-bond donors (Lipinski definition) is 2. The molecule has 0 aliphatic rings. The predicted molar refractivity (Wildman–Crippen MR) is 54.5 cm³/mol. The van der Waals surface area contributed by atoms with Gasteiger partial charge in [-0.25, -0.2) is 0 Å². The second kappa shape index (κ2) is 5.03. The average molecular weight is 257 g/mol. The Labute approximate surface area is 86.8 Å². The van der Waals surface area contributed by atoms with Gasteiger partial charge in [-0.1, -0.05) is 0 Å². The first-order chi connectivity index (χ1) is 6.58. The summed E-state index contributed by atoms with van der Waals surface area (Å²) in [6.45, 7) is 1.43. The molecule has 1 aromatic carbocycles. The summed E-state index contributed by atoms with van der Waals surface area (Å²) < 4.78 is 19.4. The van der Waals surface area contributed by atoms with Gasteiger partial charge in [0, 0.05) is 0 Å². The molecule has 5 heteroatoms. The van der Waals surface area contributed by atoms with E-state index in [-0.39, 0.29) is 11.1 Å². The predicted octanol–water partition coefficient (Wildman–Crippen LogP) is 0.370. The SMILES string of the molecule is CC(=O)Nc1ccc(C[AsH](=O)O)cc1. The van der Waals surface area contributed by atoms with Gasteiger partial charge in [-0.15, -0.1) is 0 Å². The molecule has 0 aliphatic heterocycles. The van der Waals surface area contributed by atoms with Crippen LogP contribution in [0.3, 0.4) is 0 Å². The Morgan fingerprint density at radius 1 is 1.43 bits per heavy atom. The van der Waals surface area contributed by atoms with Gasteiger partial charge < -0.3 is 0 Å². The van der Waals surface area contributed by atoms with Crippen molar-refractivity contribution in [3.8, 4) is 0 Å². The zero-order valence-corrected chi connectivity index (χ0v) is 9.88. The van der Waals surface area contributed by atoms with Crippen LogP contribution in [0, 0.1) is 0 Å². The number of rotatable bonds is 3. The van der Waals surface area contributed by atoms with Gasteiger partial charge in [-0.2, -0.15) is 0 Å². The zero-order chi connectivity index (χ0) is 10.6. The van der Waals surface area contributed by atoms with E-state index < -0.39 is 14.9 Å². The van der Waals surface area contributed by atoms with Crippen molar-refractivity contribution in [2.75, 3.05) is 5.32 Å². The Morgan fingerprint density at radius 2 is 2.00 bits per heavy atom. The molecule has 0 saturated heterocycles. The molecule has 0 aliphatic carbocycles. The number of benzene rings is 1. The van der Waals surface area contributed by atoms with Gasteiger partial charge in [-0.05, 0) is 0 Å². The van der Waals surface area contributed by atoms with E-state index in [1.807, 2.05) is 0 Å². The second-order valence-corrected chi connectivity index (χ2v) is 5.34. The molecule has 76 valence electrons. The zero-order valence-electron chi connectivity index (χ0n) is 7.78. The number of amides is 1. The fourth-order valence-electron chi connectivity index (χ4n) is 1.08. The van der Waals surface area contributed by atoms with E-state index in [4.69, 9.17) is 4.10 Å². The van der Waals surface area contributed by atoms with Crippen LogP contribution in [0.2, 0.25) is 0 Å². The molecule has 1 rings (SSSR count). The average Bonchev–Trinajstić information content (AvgIpc) is 2.06. The van der Waals surface area contributed by atoms with Crippen LogP contribution in [0.4, 0.5) is 5.69 Å². The molecular weight excluding hydrogens is 245 g/mol. The number of anilines is 1. The molecule has 0 fully saturated rings. The Morgan fingerprint density at radius 3 is 2.43 bits per heavy atom. The van der Waals surface area contributed by atoms with E-state index in [9.17, 15) is 8.53 Å². The van der Waals surface area contributed by atoms with Gasteiger partial charge in [-0.3, -0.25) is 0 Å². The van der Waals surface area contributed by atoms with E-state index in [1.54, 1.807) is 24.3 Å². The number of nitrogens with one attached hydrogen (secondary N) is 1. The summed E-state index contributed by atoms with van der Waals surface area (Å²) in [6.07, 6.45) is 0. The van der Waals surface area contributed by atoms with Crippen LogP contribution >= 0.6 is 0 Å². The van der Waals surface area contributed by atoms with Gasteiger partial charge >= 0.3 is 86.4 Å². The van der Waals surface area contributed by atoms with E-state index in [0.717, 1.165) is 5.56 Å². The molecule has 0 radical (unpaired) electrons. The molecule has 2 N–H and O–H groups in total. The van der Waals surface area contributed by atoms with Gasteiger partial charge in [0.05, 0.1) is 0 Å². The summed E-state index contributed by atoms with van der Waals surface area (Å²) in [5, 5.41) is 2.87. The normalized spacial score (nSPS) is 12.1. The molecule has 1 unspecified atom stereocenters.